The van der Waals surface area contributed by atoms with Gasteiger partial charge in [0.15, 0.2) is 0 Å². The van der Waals surface area contributed by atoms with Gasteiger partial charge in [0.1, 0.15) is 11.4 Å². The molecular formula is C15H23NO3. The molecule has 0 aromatic heterocycles. The zero-order valence-corrected chi connectivity index (χ0v) is 12.1. The SMILES string of the molecule is CC(C)(C)OC=O.COc1ccc(C2CNC2)cc1. The van der Waals surface area contributed by atoms with Crippen molar-refractivity contribution in [2.45, 2.75) is 32.3 Å². The quantitative estimate of drug-likeness (QED) is 0.852. The van der Waals surface area contributed by atoms with Gasteiger partial charge >= 0.3 is 0 Å². The zero-order chi connectivity index (χ0) is 14.3. The van der Waals surface area contributed by atoms with E-state index in [1.165, 1.54) is 5.56 Å². The molecule has 4 nitrogen and oxygen atoms in total. The molecule has 0 saturated carbocycles. The third-order valence-electron chi connectivity index (χ3n) is 2.77. The van der Waals surface area contributed by atoms with Crippen LogP contribution in [0, 0.1) is 0 Å². The number of benzene rings is 1. The number of nitrogens with one attached hydrogen (secondary N) is 1. The van der Waals surface area contributed by atoms with E-state index in [0.717, 1.165) is 24.8 Å². The molecule has 1 heterocycles. The maximum atomic E-state index is 9.60. The van der Waals surface area contributed by atoms with Crippen LogP contribution in [0.1, 0.15) is 32.3 Å². The Labute approximate surface area is 115 Å². The Hall–Kier alpha value is -1.55. The van der Waals surface area contributed by atoms with Crippen molar-refractivity contribution in [1.29, 1.82) is 0 Å². The number of carbonyl (C=O) groups is 1. The second-order valence-corrected chi connectivity index (χ2v) is 5.45. The van der Waals surface area contributed by atoms with Crippen LogP contribution in [0.3, 0.4) is 0 Å². The van der Waals surface area contributed by atoms with E-state index in [4.69, 9.17) is 4.74 Å². The molecule has 2 rings (SSSR count). The molecule has 1 aromatic rings. The van der Waals surface area contributed by atoms with E-state index in [9.17, 15) is 4.79 Å². The van der Waals surface area contributed by atoms with E-state index in [-0.39, 0.29) is 5.60 Å². The highest BCUT2D eigenvalue weighted by molar-refractivity contribution is 5.37. The van der Waals surface area contributed by atoms with Crippen LogP contribution < -0.4 is 10.1 Å². The summed E-state index contributed by atoms with van der Waals surface area (Å²) in [7, 11) is 1.69. The lowest BCUT2D eigenvalue weighted by atomic mass is 9.94. The molecular weight excluding hydrogens is 242 g/mol. The minimum Gasteiger partial charge on any atom is -0.497 e. The maximum Gasteiger partial charge on any atom is 0.293 e. The van der Waals surface area contributed by atoms with E-state index in [1.807, 2.05) is 32.9 Å². The van der Waals surface area contributed by atoms with Crippen LogP contribution in [-0.4, -0.2) is 32.3 Å². The Morgan fingerprint density at radius 3 is 2.05 bits per heavy atom. The van der Waals surface area contributed by atoms with Crippen LogP contribution in [0.15, 0.2) is 24.3 Å². The number of hydrogen-bond donors (Lipinski definition) is 1. The van der Waals surface area contributed by atoms with Gasteiger partial charge in [-0.25, -0.2) is 0 Å². The molecule has 0 atom stereocenters. The van der Waals surface area contributed by atoms with E-state index in [1.54, 1.807) is 7.11 Å². The number of methoxy groups -OCH3 is 1. The van der Waals surface area contributed by atoms with Gasteiger partial charge in [-0.15, -0.1) is 0 Å². The van der Waals surface area contributed by atoms with E-state index in [2.05, 4.69) is 22.2 Å². The summed E-state index contributed by atoms with van der Waals surface area (Å²) in [5.41, 5.74) is 1.09. The fraction of sp³-hybridized carbons (Fsp3) is 0.533. The summed E-state index contributed by atoms with van der Waals surface area (Å²) in [4.78, 5) is 9.60. The molecule has 1 saturated heterocycles. The van der Waals surface area contributed by atoms with Gasteiger partial charge in [0, 0.05) is 19.0 Å². The van der Waals surface area contributed by atoms with Gasteiger partial charge in [-0.05, 0) is 38.5 Å². The summed E-state index contributed by atoms with van der Waals surface area (Å²) in [6.07, 6.45) is 0. The normalized spacial score (nSPS) is 14.7. The van der Waals surface area contributed by atoms with Crippen molar-refractivity contribution in [2.24, 2.45) is 0 Å². The van der Waals surface area contributed by atoms with Crippen LogP contribution in [0.25, 0.3) is 0 Å². The minimum atomic E-state index is -0.318. The summed E-state index contributed by atoms with van der Waals surface area (Å²) in [5.74, 6) is 1.65. The smallest absolute Gasteiger partial charge is 0.293 e. The molecule has 0 spiro atoms. The predicted molar refractivity (Wildman–Crippen MR) is 75.5 cm³/mol. The van der Waals surface area contributed by atoms with Crippen molar-refractivity contribution in [3.8, 4) is 5.75 Å². The topological polar surface area (TPSA) is 47.6 Å². The molecule has 106 valence electrons. The van der Waals surface area contributed by atoms with Gasteiger partial charge in [-0.1, -0.05) is 12.1 Å². The number of carbonyl (C=O) groups excluding carboxylic acids is 1. The second-order valence-electron chi connectivity index (χ2n) is 5.45. The fourth-order valence-electron chi connectivity index (χ4n) is 1.54. The Kier molecular flexibility index (Phi) is 5.83. The first-order valence-corrected chi connectivity index (χ1v) is 6.42. The van der Waals surface area contributed by atoms with Crippen LogP contribution in [0.4, 0.5) is 0 Å². The van der Waals surface area contributed by atoms with Crippen LogP contribution in [0.5, 0.6) is 5.75 Å². The summed E-state index contributed by atoms with van der Waals surface area (Å²) < 4.78 is 9.63. The molecule has 1 N–H and O–H groups in total. The summed E-state index contributed by atoms with van der Waals surface area (Å²) in [5, 5.41) is 3.26. The summed E-state index contributed by atoms with van der Waals surface area (Å²) in [6.45, 7) is 8.16. The Morgan fingerprint density at radius 1 is 1.21 bits per heavy atom. The lowest BCUT2D eigenvalue weighted by molar-refractivity contribution is -0.138. The van der Waals surface area contributed by atoms with Gasteiger partial charge in [-0.3, -0.25) is 4.79 Å². The summed E-state index contributed by atoms with van der Waals surface area (Å²) >= 11 is 0. The van der Waals surface area contributed by atoms with E-state index in [0.29, 0.717) is 6.47 Å². The van der Waals surface area contributed by atoms with E-state index >= 15 is 0 Å². The molecule has 1 fully saturated rings. The first kappa shape index (κ1) is 15.5. The zero-order valence-electron chi connectivity index (χ0n) is 12.1. The maximum absolute atomic E-state index is 9.60. The molecule has 1 aliphatic rings. The van der Waals surface area contributed by atoms with Crippen molar-refractivity contribution in [3.63, 3.8) is 0 Å². The van der Waals surface area contributed by atoms with Gasteiger partial charge in [0.05, 0.1) is 7.11 Å². The van der Waals surface area contributed by atoms with E-state index < -0.39 is 0 Å². The van der Waals surface area contributed by atoms with Crippen molar-refractivity contribution < 1.29 is 14.3 Å². The number of rotatable bonds is 3. The standard InChI is InChI=1S/C10H13NO.C5H10O2/c1-12-10-4-2-8(3-5-10)9-6-11-7-9;1-5(2,3)7-4-6/h2-5,9,11H,6-7H2,1H3;4H,1-3H3. The van der Waals surface area contributed by atoms with Gasteiger partial charge in [0.25, 0.3) is 6.47 Å². The van der Waals surface area contributed by atoms with Crippen LogP contribution in [0.2, 0.25) is 0 Å². The molecule has 0 amide bonds. The fourth-order valence-corrected chi connectivity index (χ4v) is 1.54. The number of ether oxygens (including phenoxy) is 2. The Morgan fingerprint density at radius 2 is 1.79 bits per heavy atom. The highest BCUT2D eigenvalue weighted by Crippen LogP contribution is 2.21. The van der Waals surface area contributed by atoms with Gasteiger partial charge < -0.3 is 14.8 Å². The summed E-state index contributed by atoms with van der Waals surface area (Å²) in [6, 6.07) is 8.33. The van der Waals surface area contributed by atoms with Crippen molar-refractivity contribution in [2.75, 3.05) is 20.2 Å². The Balaban J connectivity index is 0.000000224. The third kappa shape index (κ3) is 5.75. The number of hydrogen-bond acceptors (Lipinski definition) is 4. The monoisotopic (exact) mass is 265 g/mol. The minimum absolute atomic E-state index is 0.318. The highest BCUT2D eigenvalue weighted by atomic mass is 16.5. The molecule has 19 heavy (non-hydrogen) atoms. The van der Waals surface area contributed by atoms with Crippen LogP contribution >= 0.6 is 0 Å². The average Bonchev–Trinajstić information content (AvgIpc) is 2.27. The first-order chi connectivity index (χ1) is 8.96. The van der Waals surface area contributed by atoms with Gasteiger partial charge in [-0.2, -0.15) is 0 Å². The van der Waals surface area contributed by atoms with Crippen molar-refractivity contribution >= 4 is 6.47 Å². The molecule has 4 heteroatoms. The van der Waals surface area contributed by atoms with Gasteiger partial charge in [0.2, 0.25) is 0 Å². The molecule has 0 aliphatic carbocycles. The highest BCUT2D eigenvalue weighted by Gasteiger charge is 2.18. The van der Waals surface area contributed by atoms with Crippen molar-refractivity contribution in [1.82, 2.24) is 5.32 Å². The molecule has 1 aliphatic heterocycles. The largest absolute Gasteiger partial charge is 0.497 e. The first-order valence-electron chi connectivity index (χ1n) is 6.42. The molecule has 1 aromatic carbocycles. The lowest BCUT2D eigenvalue weighted by Crippen LogP contribution is -2.39. The third-order valence-corrected chi connectivity index (χ3v) is 2.77. The second kappa shape index (κ2) is 7.14. The molecule has 0 unspecified atom stereocenters. The van der Waals surface area contributed by atoms with Crippen LogP contribution in [-0.2, 0) is 9.53 Å². The average molecular weight is 265 g/mol. The predicted octanol–water partition coefficient (Wildman–Crippen LogP) is 2.34. The molecule has 0 bridgehead atoms. The molecule has 0 radical (unpaired) electrons. The van der Waals surface area contributed by atoms with Crippen molar-refractivity contribution in [3.05, 3.63) is 29.8 Å². The Bertz CT molecular complexity index is 377. The lowest BCUT2D eigenvalue weighted by Gasteiger charge is -2.27.